The number of hydrogen-bond donors (Lipinski definition) is 1. The monoisotopic (exact) mass is 348 g/mol. The molecule has 2 aromatic heterocycles. The van der Waals surface area contributed by atoms with Crippen LogP contribution in [0.5, 0.6) is 0 Å². The summed E-state index contributed by atoms with van der Waals surface area (Å²) in [6.07, 6.45) is 0.729. The van der Waals surface area contributed by atoms with Gasteiger partial charge in [0, 0.05) is 21.8 Å². The zero-order valence-electron chi connectivity index (χ0n) is 11.2. The van der Waals surface area contributed by atoms with E-state index in [9.17, 15) is 4.79 Å². The van der Waals surface area contributed by atoms with E-state index in [4.69, 9.17) is 0 Å². The first-order valence-corrected chi connectivity index (χ1v) is 8.04. The molecule has 0 amide bonds. The van der Waals surface area contributed by atoms with Crippen molar-refractivity contribution in [1.82, 2.24) is 9.97 Å². The molecule has 3 nitrogen and oxygen atoms in total. The first-order chi connectivity index (χ1) is 9.60. The predicted molar refractivity (Wildman–Crippen MR) is 87.5 cm³/mol. The lowest BCUT2D eigenvalue weighted by molar-refractivity contribution is 0.948. The van der Waals surface area contributed by atoms with Crippen LogP contribution in [0.3, 0.4) is 0 Å². The standard InChI is InChI=1S/C15H13BrN2OS/c1-3-12-17-14(19)13-10(7-20-15(13)18-12)9-6-8(2)4-5-11(9)16/h4-7H,3H2,1-2H3,(H,17,18,19). The summed E-state index contributed by atoms with van der Waals surface area (Å²) in [6, 6.07) is 6.13. The molecule has 0 radical (unpaired) electrons. The smallest absolute Gasteiger partial charge is 0.260 e. The van der Waals surface area contributed by atoms with Crippen LogP contribution in [-0.2, 0) is 6.42 Å². The van der Waals surface area contributed by atoms with Crippen molar-refractivity contribution in [2.24, 2.45) is 0 Å². The molecule has 2 heterocycles. The van der Waals surface area contributed by atoms with Crippen LogP contribution in [0.25, 0.3) is 21.3 Å². The maximum absolute atomic E-state index is 12.3. The number of benzene rings is 1. The topological polar surface area (TPSA) is 45.8 Å². The van der Waals surface area contributed by atoms with E-state index >= 15 is 0 Å². The third-order valence-corrected chi connectivity index (χ3v) is 4.80. The maximum Gasteiger partial charge on any atom is 0.260 e. The number of aromatic amines is 1. The number of H-pyrrole nitrogens is 1. The first-order valence-electron chi connectivity index (χ1n) is 6.37. The van der Waals surface area contributed by atoms with Crippen molar-refractivity contribution < 1.29 is 0 Å². The second-order valence-electron chi connectivity index (χ2n) is 4.68. The molecule has 1 N–H and O–H groups in total. The van der Waals surface area contributed by atoms with Crippen LogP contribution in [0.4, 0.5) is 0 Å². The van der Waals surface area contributed by atoms with Gasteiger partial charge >= 0.3 is 0 Å². The Labute approximate surface area is 128 Å². The fourth-order valence-corrected chi connectivity index (χ4v) is 3.62. The third-order valence-electron chi connectivity index (χ3n) is 3.24. The van der Waals surface area contributed by atoms with Gasteiger partial charge in [-0.2, -0.15) is 0 Å². The maximum atomic E-state index is 12.3. The highest BCUT2D eigenvalue weighted by molar-refractivity contribution is 9.10. The van der Waals surface area contributed by atoms with Crippen LogP contribution in [0.15, 0.2) is 32.8 Å². The van der Waals surface area contributed by atoms with Crippen LogP contribution >= 0.6 is 27.3 Å². The van der Waals surface area contributed by atoms with Gasteiger partial charge in [0.25, 0.3) is 5.56 Å². The number of aryl methyl sites for hydroxylation is 2. The van der Waals surface area contributed by atoms with Crippen molar-refractivity contribution in [1.29, 1.82) is 0 Å². The van der Waals surface area contributed by atoms with E-state index < -0.39 is 0 Å². The number of nitrogens with zero attached hydrogens (tertiary/aromatic N) is 1. The molecule has 20 heavy (non-hydrogen) atoms. The van der Waals surface area contributed by atoms with E-state index in [-0.39, 0.29) is 5.56 Å². The van der Waals surface area contributed by atoms with Gasteiger partial charge in [-0.05, 0) is 18.6 Å². The van der Waals surface area contributed by atoms with Crippen LogP contribution in [0, 0.1) is 6.92 Å². The van der Waals surface area contributed by atoms with E-state index in [0.29, 0.717) is 5.39 Å². The number of fused-ring (bicyclic) bond motifs is 1. The quantitative estimate of drug-likeness (QED) is 0.750. The number of aromatic nitrogens is 2. The normalized spacial score (nSPS) is 11.2. The first kappa shape index (κ1) is 13.5. The molecule has 1 aromatic carbocycles. The largest absolute Gasteiger partial charge is 0.310 e. The van der Waals surface area contributed by atoms with Gasteiger partial charge in [0.2, 0.25) is 0 Å². The molecule has 0 atom stereocenters. The minimum absolute atomic E-state index is 0.0588. The van der Waals surface area contributed by atoms with Crippen molar-refractivity contribution in [2.45, 2.75) is 20.3 Å². The Morgan fingerprint density at radius 1 is 1.35 bits per heavy atom. The number of rotatable bonds is 2. The molecule has 0 saturated heterocycles. The van der Waals surface area contributed by atoms with Gasteiger partial charge in [0.05, 0.1) is 5.39 Å². The van der Waals surface area contributed by atoms with Crippen LogP contribution < -0.4 is 5.56 Å². The molecular weight excluding hydrogens is 336 g/mol. The van der Waals surface area contributed by atoms with Crippen molar-refractivity contribution in [3.05, 3.63) is 49.8 Å². The second-order valence-corrected chi connectivity index (χ2v) is 6.39. The number of thiophene rings is 1. The van der Waals surface area contributed by atoms with E-state index in [1.807, 2.05) is 31.4 Å². The van der Waals surface area contributed by atoms with Gasteiger partial charge in [0.1, 0.15) is 10.7 Å². The van der Waals surface area contributed by atoms with Gasteiger partial charge in [-0.1, -0.05) is 40.5 Å². The molecule has 0 bridgehead atoms. The molecule has 0 spiro atoms. The molecule has 0 aliphatic carbocycles. The molecule has 0 unspecified atom stereocenters. The fourth-order valence-electron chi connectivity index (χ4n) is 2.20. The molecular formula is C15H13BrN2OS. The number of hydrogen-bond acceptors (Lipinski definition) is 3. The van der Waals surface area contributed by atoms with E-state index in [0.717, 1.165) is 38.2 Å². The van der Waals surface area contributed by atoms with Crippen LogP contribution in [0.2, 0.25) is 0 Å². The van der Waals surface area contributed by atoms with Gasteiger partial charge in [-0.3, -0.25) is 4.79 Å². The summed E-state index contributed by atoms with van der Waals surface area (Å²) in [7, 11) is 0. The lowest BCUT2D eigenvalue weighted by Gasteiger charge is -2.05. The molecule has 3 aromatic rings. The molecule has 0 fully saturated rings. The van der Waals surface area contributed by atoms with E-state index in [1.165, 1.54) is 11.3 Å². The molecule has 0 aliphatic rings. The minimum atomic E-state index is -0.0588. The number of nitrogens with one attached hydrogen (secondary N) is 1. The van der Waals surface area contributed by atoms with E-state index in [2.05, 4.69) is 32.0 Å². The minimum Gasteiger partial charge on any atom is -0.310 e. The van der Waals surface area contributed by atoms with Crippen LogP contribution in [0.1, 0.15) is 18.3 Å². The van der Waals surface area contributed by atoms with Crippen molar-refractivity contribution in [3.8, 4) is 11.1 Å². The zero-order chi connectivity index (χ0) is 14.3. The summed E-state index contributed by atoms with van der Waals surface area (Å²) in [5.74, 6) is 0.735. The Morgan fingerprint density at radius 2 is 2.15 bits per heavy atom. The summed E-state index contributed by atoms with van der Waals surface area (Å²) in [6.45, 7) is 4.03. The lowest BCUT2D eigenvalue weighted by atomic mass is 10.0. The van der Waals surface area contributed by atoms with Crippen molar-refractivity contribution in [3.63, 3.8) is 0 Å². The average molecular weight is 349 g/mol. The Kier molecular flexibility index (Phi) is 3.48. The van der Waals surface area contributed by atoms with Gasteiger partial charge in [0.15, 0.2) is 0 Å². The Hall–Kier alpha value is -1.46. The van der Waals surface area contributed by atoms with Crippen molar-refractivity contribution >= 4 is 37.5 Å². The molecule has 102 valence electrons. The molecule has 5 heteroatoms. The summed E-state index contributed by atoms with van der Waals surface area (Å²) in [4.78, 5) is 20.5. The molecule has 0 saturated carbocycles. The summed E-state index contributed by atoms with van der Waals surface area (Å²) < 4.78 is 0.988. The third kappa shape index (κ3) is 2.21. The second kappa shape index (κ2) is 5.14. The Balaban J connectivity index is 2.33. The zero-order valence-corrected chi connectivity index (χ0v) is 13.6. The Bertz CT molecular complexity index is 851. The SMILES string of the molecule is CCc1nc2scc(-c3cc(C)ccc3Br)c2c(=O)[nH]1. The highest BCUT2D eigenvalue weighted by Crippen LogP contribution is 2.35. The summed E-state index contributed by atoms with van der Waals surface area (Å²) in [5, 5.41) is 2.69. The van der Waals surface area contributed by atoms with E-state index in [1.54, 1.807) is 0 Å². The van der Waals surface area contributed by atoms with Gasteiger partial charge < -0.3 is 4.98 Å². The van der Waals surface area contributed by atoms with Crippen LogP contribution in [-0.4, -0.2) is 9.97 Å². The molecule has 3 rings (SSSR count). The predicted octanol–water partition coefficient (Wildman–Crippen LogP) is 4.28. The van der Waals surface area contributed by atoms with Gasteiger partial charge in [-0.25, -0.2) is 4.98 Å². The number of halogens is 1. The lowest BCUT2D eigenvalue weighted by Crippen LogP contribution is -2.10. The average Bonchev–Trinajstić information content (AvgIpc) is 2.85. The highest BCUT2D eigenvalue weighted by Gasteiger charge is 2.14. The fraction of sp³-hybridized carbons (Fsp3) is 0.200. The Morgan fingerprint density at radius 3 is 2.90 bits per heavy atom. The highest BCUT2D eigenvalue weighted by atomic mass is 79.9. The summed E-state index contributed by atoms with van der Waals surface area (Å²) in [5.41, 5.74) is 3.08. The summed E-state index contributed by atoms with van der Waals surface area (Å²) >= 11 is 5.08. The van der Waals surface area contributed by atoms with Crippen molar-refractivity contribution in [2.75, 3.05) is 0 Å². The molecule has 0 aliphatic heterocycles. The van der Waals surface area contributed by atoms with Gasteiger partial charge in [-0.15, -0.1) is 11.3 Å².